The number of H-pyrrole nitrogens is 1. The van der Waals surface area contributed by atoms with Gasteiger partial charge in [0.2, 0.25) is 0 Å². The second-order valence-electron chi connectivity index (χ2n) is 2.80. The molecule has 0 aliphatic carbocycles. The normalized spacial score (nSPS) is 10.2. The quantitative estimate of drug-likeness (QED) is 0.836. The zero-order chi connectivity index (χ0) is 10.7. The highest BCUT2D eigenvalue weighted by Gasteiger charge is 2.05. The van der Waals surface area contributed by atoms with Gasteiger partial charge in [0.1, 0.15) is 0 Å². The number of carbonyl (C=O) groups is 1. The number of benzene rings is 1. The number of nitrogens with zero attached hydrogens (tertiary/aromatic N) is 1. The van der Waals surface area contributed by atoms with Gasteiger partial charge in [0, 0.05) is 27.9 Å². The molecule has 0 spiro atoms. The molecule has 0 unspecified atom stereocenters. The van der Waals surface area contributed by atoms with Crippen LogP contribution in [-0.4, -0.2) is 16.3 Å². The van der Waals surface area contributed by atoms with Gasteiger partial charge in [-0.05, 0) is 18.2 Å². The maximum Gasteiger partial charge on any atom is 0.170 e. The number of aromatic amines is 1. The highest BCUT2D eigenvalue weighted by molar-refractivity contribution is 7.99. The van der Waals surface area contributed by atoms with Crippen LogP contribution in [0.5, 0.6) is 0 Å². The van der Waals surface area contributed by atoms with Gasteiger partial charge in [0.25, 0.3) is 0 Å². The van der Waals surface area contributed by atoms with Crippen molar-refractivity contribution >= 4 is 29.6 Å². The average Bonchev–Trinajstić information content (AvgIpc) is 2.71. The molecule has 5 heteroatoms. The molecule has 0 atom stereocenters. The fourth-order valence-corrected chi connectivity index (χ4v) is 2.21. The first-order chi connectivity index (χ1) is 7.29. The summed E-state index contributed by atoms with van der Waals surface area (Å²) in [6, 6.07) is 5.14. The molecule has 0 aliphatic rings. The SMILES string of the molecule is O=Cc1ccc(Cl)cc1Sc1ncc[nH]1. The van der Waals surface area contributed by atoms with E-state index in [1.165, 1.54) is 11.8 Å². The summed E-state index contributed by atoms with van der Waals surface area (Å²) in [4.78, 5) is 18.6. The summed E-state index contributed by atoms with van der Waals surface area (Å²) >= 11 is 7.23. The van der Waals surface area contributed by atoms with Gasteiger partial charge in [0.15, 0.2) is 11.4 Å². The number of hydrogen-bond acceptors (Lipinski definition) is 3. The summed E-state index contributed by atoms with van der Waals surface area (Å²) in [5, 5.41) is 1.34. The summed E-state index contributed by atoms with van der Waals surface area (Å²) in [6.07, 6.45) is 4.20. The monoisotopic (exact) mass is 238 g/mol. The van der Waals surface area contributed by atoms with Gasteiger partial charge in [-0.1, -0.05) is 23.4 Å². The Balaban J connectivity index is 2.34. The molecule has 0 bridgehead atoms. The van der Waals surface area contributed by atoms with Crippen LogP contribution >= 0.6 is 23.4 Å². The lowest BCUT2D eigenvalue weighted by atomic mass is 10.2. The van der Waals surface area contributed by atoms with E-state index in [9.17, 15) is 4.79 Å². The second-order valence-corrected chi connectivity index (χ2v) is 4.26. The third kappa shape index (κ3) is 2.40. The standard InChI is InChI=1S/C10H7ClN2OS/c11-8-2-1-7(6-14)9(5-8)15-10-12-3-4-13-10/h1-6H,(H,12,13). The van der Waals surface area contributed by atoms with Crippen LogP contribution in [0.2, 0.25) is 5.02 Å². The van der Waals surface area contributed by atoms with Crippen molar-refractivity contribution in [3.05, 3.63) is 41.2 Å². The Morgan fingerprint density at radius 1 is 1.47 bits per heavy atom. The molecular formula is C10H7ClN2OS. The summed E-state index contributed by atoms with van der Waals surface area (Å²) in [5.41, 5.74) is 0.612. The van der Waals surface area contributed by atoms with Gasteiger partial charge in [-0.3, -0.25) is 4.79 Å². The molecule has 0 amide bonds. The van der Waals surface area contributed by atoms with E-state index in [2.05, 4.69) is 9.97 Å². The fourth-order valence-electron chi connectivity index (χ4n) is 1.10. The number of aromatic nitrogens is 2. The van der Waals surface area contributed by atoms with Gasteiger partial charge in [-0.25, -0.2) is 4.98 Å². The first kappa shape index (κ1) is 10.3. The number of carbonyl (C=O) groups excluding carboxylic acids is 1. The largest absolute Gasteiger partial charge is 0.339 e. The van der Waals surface area contributed by atoms with Crippen LogP contribution in [0.25, 0.3) is 0 Å². The van der Waals surface area contributed by atoms with Crippen molar-refractivity contribution in [2.75, 3.05) is 0 Å². The van der Waals surface area contributed by atoms with Crippen molar-refractivity contribution < 1.29 is 4.79 Å². The van der Waals surface area contributed by atoms with Crippen molar-refractivity contribution in [3.63, 3.8) is 0 Å². The molecule has 1 aromatic heterocycles. The maximum atomic E-state index is 10.8. The predicted octanol–water partition coefficient (Wildman–Crippen LogP) is 3.03. The Hall–Kier alpha value is -1.26. The van der Waals surface area contributed by atoms with E-state index in [-0.39, 0.29) is 0 Å². The highest BCUT2D eigenvalue weighted by Crippen LogP contribution is 2.29. The molecule has 2 aromatic rings. The van der Waals surface area contributed by atoms with E-state index in [1.54, 1.807) is 30.6 Å². The minimum Gasteiger partial charge on any atom is -0.339 e. The fraction of sp³-hybridized carbons (Fsp3) is 0. The van der Waals surface area contributed by atoms with Gasteiger partial charge in [-0.15, -0.1) is 0 Å². The molecule has 0 radical (unpaired) electrons. The summed E-state index contributed by atoms with van der Waals surface area (Å²) in [5.74, 6) is 0. The van der Waals surface area contributed by atoms with Crippen molar-refractivity contribution in [1.29, 1.82) is 0 Å². The molecule has 76 valence electrons. The molecular weight excluding hydrogens is 232 g/mol. The molecule has 0 saturated heterocycles. The molecule has 0 saturated carbocycles. The number of hydrogen-bond donors (Lipinski definition) is 1. The topological polar surface area (TPSA) is 45.8 Å². The minimum atomic E-state index is 0.606. The lowest BCUT2D eigenvalue weighted by Crippen LogP contribution is -1.85. The van der Waals surface area contributed by atoms with Crippen LogP contribution in [0.1, 0.15) is 10.4 Å². The molecule has 1 heterocycles. The Labute approximate surface area is 95.9 Å². The third-order valence-electron chi connectivity index (χ3n) is 1.78. The van der Waals surface area contributed by atoms with Crippen LogP contribution in [-0.2, 0) is 0 Å². The first-order valence-corrected chi connectivity index (χ1v) is 5.41. The van der Waals surface area contributed by atoms with Gasteiger partial charge in [0.05, 0.1) is 0 Å². The predicted molar refractivity (Wildman–Crippen MR) is 59.6 cm³/mol. The van der Waals surface area contributed by atoms with E-state index in [4.69, 9.17) is 11.6 Å². The zero-order valence-electron chi connectivity index (χ0n) is 7.61. The van der Waals surface area contributed by atoms with Crippen LogP contribution in [0.15, 0.2) is 40.6 Å². The number of halogens is 1. The Morgan fingerprint density at radius 2 is 2.33 bits per heavy atom. The number of imidazole rings is 1. The summed E-state index contributed by atoms with van der Waals surface area (Å²) in [7, 11) is 0. The van der Waals surface area contributed by atoms with Crippen LogP contribution in [0.3, 0.4) is 0 Å². The Morgan fingerprint density at radius 3 is 3.00 bits per heavy atom. The second kappa shape index (κ2) is 4.51. The van der Waals surface area contributed by atoms with Gasteiger partial charge >= 0.3 is 0 Å². The van der Waals surface area contributed by atoms with Crippen LogP contribution in [0, 0.1) is 0 Å². The van der Waals surface area contributed by atoms with Crippen LogP contribution in [0.4, 0.5) is 0 Å². The maximum absolute atomic E-state index is 10.8. The average molecular weight is 239 g/mol. The number of rotatable bonds is 3. The van der Waals surface area contributed by atoms with Gasteiger partial charge in [-0.2, -0.15) is 0 Å². The van der Waals surface area contributed by atoms with Crippen molar-refractivity contribution in [3.8, 4) is 0 Å². The smallest absolute Gasteiger partial charge is 0.170 e. The van der Waals surface area contributed by atoms with E-state index in [0.29, 0.717) is 10.6 Å². The van der Waals surface area contributed by atoms with E-state index >= 15 is 0 Å². The van der Waals surface area contributed by atoms with E-state index < -0.39 is 0 Å². The molecule has 1 aromatic carbocycles. The molecule has 0 fully saturated rings. The van der Waals surface area contributed by atoms with Gasteiger partial charge < -0.3 is 4.98 Å². The lowest BCUT2D eigenvalue weighted by molar-refractivity contribution is 0.112. The Kier molecular flexibility index (Phi) is 3.08. The van der Waals surface area contributed by atoms with E-state index in [1.807, 2.05) is 0 Å². The minimum absolute atomic E-state index is 0.606. The molecule has 2 rings (SSSR count). The zero-order valence-corrected chi connectivity index (χ0v) is 9.18. The molecule has 3 nitrogen and oxygen atoms in total. The lowest BCUT2D eigenvalue weighted by Gasteiger charge is -2.02. The molecule has 15 heavy (non-hydrogen) atoms. The van der Waals surface area contributed by atoms with E-state index in [0.717, 1.165) is 16.3 Å². The Bertz CT molecular complexity index is 470. The summed E-state index contributed by atoms with van der Waals surface area (Å²) in [6.45, 7) is 0. The molecule has 0 aliphatic heterocycles. The number of nitrogens with one attached hydrogen (secondary N) is 1. The third-order valence-corrected chi connectivity index (χ3v) is 3.01. The van der Waals surface area contributed by atoms with Crippen molar-refractivity contribution in [2.24, 2.45) is 0 Å². The highest BCUT2D eigenvalue weighted by atomic mass is 35.5. The number of aldehydes is 1. The first-order valence-electron chi connectivity index (χ1n) is 4.21. The van der Waals surface area contributed by atoms with Crippen molar-refractivity contribution in [2.45, 2.75) is 10.1 Å². The van der Waals surface area contributed by atoms with Crippen LogP contribution < -0.4 is 0 Å². The molecule has 1 N–H and O–H groups in total. The van der Waals surface area contributed by atoms with Crippen molar-refractivity contribution in [1.82, 2.24) is 9.97 Å². The summed E-state index contributed by atoms with van der Waals surface area (Å²) < 4.78 is 0.